The number of hydrogen-bond donors (Lipinski definition) is 1. The largest absolute Gasteiger partial charge is 0.490 e. The van der Waals surface area contributed by atoms with E-state index in [1.54, 1.807) is 6.20 Å². The van der Waals surface area contributed by atoms with Crippen molar-refractivity contribution in [2.45, 2.75) is 19.8 Å². The van der Waals surface area contributed by atoms with E-state index in [0.717, 1.165) is 16.9 Å². The molecule has 0 saturated heterocycles. The lowest BCUT2D eigenvalue weighted by atomic mass is 10.1. The van der Waals surface area contributed by atoms with Gasteiger partial charge in [-0.15, -0.1) is 0 Å². The van der Waals surface area contributed by atoms with Crippen molar-refractivity contribution in [3.63, 3.8) is 0 Å². The summed E-state index contributed by atoms with van der Waals surface area (Å²) in [7, 11) is 0. The van der Waals surface area contributed by atoms with Gasteiger partial charge in [0, 0.05) is 18.2 Å². The summed E-state index contributed by atoms with van der Waals surface area (Å²) in [6.45, 7) is 2.96. The molecule has 0 bridgehead atoms. The lowest BCUT2D eigenvalue weighted by Crippen LogP contribution is -2.13. The fourth-order valence-corrected chi connectivity index (χ4v) is 2.73. The maximum Gasteiger partial charge on any atom is 0.225 e. The molecule has 28 heavy (non-hydrogen) atoms. The highest BCUT2D eigenvalue weighted by Gasteiger charge is 2.06. The van der Waals surface area contributed by atoms with Crippen LogP contribution in [-0.4, -0.2) is 24.1 Å². The molecule has 0 unspecified atom stereocenters. The summed E-state index contributed by atoms with van der Waals surface area (Å²) in [5.41, 5.74) is 2.11. The molecule has 0 aliphatic carbocycles. The maximum atomic E-state index is 12.1. The fourth-order valence-electron chi connectivity index (χ4n) is 2.73. The predicted octanol–water partition coefficient (Wildman–Crippen LogP) is 4.95. The van der Waals surface area contributed by atoms with E-state index < -0.39 is 0 Å². The third kappa shape index (κ3) is 5.58. The topological polar surface area (TPSA) is 60.5 Å². The molecule has 0 fully saturated rings. The first-order chi connectivity index (χ1) is 13.8. The van der Waals surface area contributed by atoms with Gasteiger partial charge in [-0.3, -0.25) is 4.79 Å². The van der Waals surface area contributed by atoms with Gasteiger partial charge >= 0.3 is 0 Å². The second-order valence-corrected chi connectivity index (χ2v) is 6.18. The van der Waals surface area contributed by atoms with Gasteiger partial charge in [0.1, 0.15) is 5.82 Å². The minimum Gasteiger partial charge on any atom is -0.490 e. The first-order valence-corrected chi connectivity index (χ1v) is 9.42. The molecule has 0 saturated carbocycles. The van der Waals surface area contributed by atoms with Crippen LogP contribution in [0.5, 0.6) is 11.5 Å². The Labute approximate surface area is 165 Å². The number of carbonyl (C=O) groups is 1. The Morgan fingerprint density at radius 3 is 2.29 bits per heavy atom. The van der Waals surface area contributed by atoms with E-state index in [-0.39, 0.29) is 5.91 Å². The first kappa shape index (κ1) is 19.4. The molecule has 3 aromatic rings. The molecule has 0 aliphatic heterocycles. The lowest BCUT2D eigenvalue weighted by Gasteiger charge is -2.11. The summed E-state index contributed by atoms with van der Waals surface area (Å²) < 4.78 is 11.3. The summed E-state index contributed by atoms with van der Waals surface area (Å²) in [6, 6.07) is 21.3. The van der Waals surface area contributed by atoms with Gasteiger partial charge in [0.05, 0.1) is 13.2 Å². The number of nitrogens with zero attached hydrogens (tertiary/aromatic N) is 1. The Morgan fingerprint density at radius 2 is 1.61 bits per heavy atom. The van der Waals surface area contributed by atoms with Crippen LogP contribution in [0.3, 0.4) is 0 Å². The Balaban J connectivity index is 1.43. The molecule has 0 spiro atoms. The molecule has 1 N–H and O–H groups in total. The zero-order chi connectivity index (χ0) is 19.6. The summed E-state index contributed by atoms with van der Waals surface area (Å²) in [6.07, 6.45) is 2.73. The van der Waals surface area contributed by atoms with Gasteiger partial charge in [-0.2, -0.15) is 0 Å². The quantitative estimate of drug-likeness (QED) is 0.537. The molecule has 144 valence electrons. The van der Waals surface area contributed by atoms with Crippen LogP contribution < -0.4 is 14.8 Å². The number of rotatable bonds is 9. The van der Waals surface area contributed by atoms with Crippen LogP contribution in [0.4, 0.5) is 5.82 Å². The molecule has 3 rings (SSSR count). The molecule has 1 aromatic heterocycles. The molecule has 2 aromatic carbocycles. The third-order valence-corrected chi connectivity index (χ3v) is 4.09. The van der Waals surface area contributed by atoms with Crippen LogP contribution in [-0.2, 0) is 4.79 Å². The van der Waals surface area contributed by atoms with Crippen LogP contribution in [0, 0.1) is 0 Å². The molecule has 5 heteroatoms. The van der Waals surface area contributed by atoms with Crippen molar-refractivity contribution in [1.82, 2.24) is 4.98 Å². The van der Waals surface area contributed by atoms with E-state index in [0.29, 0.717) is 37.6 Å². The highest BCUT2D eigenvalue weighted by Crippen LogP contribution is 2.26. The van der Waals surface area contributed by atoms with Gasteiger partial charge in [0.15, 0.2) is 11.5 Å². The van der Waals surface area contributed by atoms with Crippen molar-refractivity contribution in [2.75, 3.05) is 18.5 Å². The van der Waals surface area contributed by atoms with Crippen molar-refractivity contribution >= 4 is 11.7 Å². The minimum atomic E-state index is -0.0818. The number of anilines is 1. The van der Waals surface area contributed by atoms with E-state index in [9.17, 15) is 4.79 Å². The summed E-state index contributed by atoms with van der Waals surface area (Å²) in [5, 5.41) is 2.82. The molecule has 0 radical (unpaired) electrons. The number of benzene rings is 2. The Bertz CT molecular complexity index is 880. The van der Waals surface area contributed by atoms with E-state index >= 15 is 0 Å². The maximum absolute atomic E-state index is 12.1. The lowest BCUT2D eigenvalue weighted by molar-refractivity contribution is -0.116. The number of aromatic nitrogens is 1. The van der Waals surface area contributed by atoms with Gasteiger partial charge in [-0.05, 0) is 43.2 Å². The second kappa shape index (κ2) is 10.1. The van der Waals surface area contributed by atoms with Gasteiger partial charge < -0.3 is 14.8 Å². The number of carbonyl (C=O) groups excluding carboxylic acids is 1. The van der Waals surface area contributed by atoms with E-state index in [1.807, 2.05) is 73.7 Å². The SMILES string of the molecule is CCOc1ccccc1OCCCC(=O)Nc1ccc(-c2ccccc2)cn1. The number of pyridine rings is 1. The number of ether oxygens (including phenoxy) is 2. The summed E-state index contributed by atoms with van der Waals surface area (Å²) in [4.78, 5) is 16.4. The normalized spacial score (nSPS) is 10.3. The van der Waals surface area contributed by atoms with Gasteiger partial charge in [-0.1, -0.05) is 42.5 Å². The first-order valence-electron chi connectivity index (χ1n) is 9.42. The molecular weight excluding hydrogens is 352 g/mol. The average Bonchev–Trinajstić information content (AvgIpc) is 2.74. The van der Waals surface area contributed by atoms with Gasteiger partial charge in [0.2, 0.25) is 5.91 Å². The van der Waals surface area contributed by atoms with E-state index in [4.69, 9.17) is 9.47 Å². The molecule has 1 heterocycles. The summed E-state index contributed by atoms with van der Waals surface area (Å²) >= 11 is 0. The zero-order valence-corrected chi connectivity index (χ0v) is 15.9. The van der Waals surface area contributed by atoms with E-state index in [2.05, 4.69) is 10.3 Å². The van der Waals surface area contributed by atoms with E-state index in [1.165, 1.54) is 0 Å². The Kier molecular flexibility index (Phi) is 7.01. The minimum absolute atomic E-state index is 0.0818. The molecule has 1 amide bonds. The molecular formula is C23H24N2O3. The number of nitrogens with one attached hydrogen (secondary N) is 1. The number of hydrogen-bond acceptors (Lipinski definition) is 4. The predicted molar refractivity (Wildman–Crippen MR) is 111 cm³/mol. The average molecular weight is 376 g/mol. The van der Waals surface area contributed by atoms with Crippen LogP contribution >= 0.6 is 0 Å². The van der Waals surface area contributed by atoms with Crippen molar-refractivity contribution in [3.05, 3.63) is 72.9 Å². The number of amides is 1. The molecule has 0 atom stereocenters. The molecule has 5 nitrogen and oxygen atoms in total. The van der Waals surface area contributed by atoms with Crippen LogP contribution in [0.25, 0.3) is 11.1 Å². The highest BCUT2D eigenvalue weighted by molar-refractivity contribution is 5.89. The van der Waals surface area contributed by atoms with Crippen molar-refractivity contribution < 1.29 is 14.3 Å². The second-order valence-electron chi connectivity index (χ2n) is 6.18. The monoisotopic (exact) mass is 376 g/mol. The molecule has 0 aliphatic rings. The van der Waals surface area contributed by atoms with Gasteiger partial charge in [0.25, 0.3) is 0 Å². The Hall–Kier alpha value is -3.34. The van der Waals surface area contributed by atoms with Crippen molar-refractivity contribution in [2.24, 2.45) is 0 Å². The smallest absolute Gasteiger partial charge is 0.225 e. The zero-order valence-electron chi connectivity index (χ0n) is 15.9. The van der Waals surface area contributed by atoms with Crippen LogP contribution in [0.2, 0.25) is 0 Å². The van der Waals surface area contributed by atoms with Crippen LogP contribution in [0.15, 0.2) is 72.9 Å². The number of para-hydroxylation sites is 2. The van der Waals surface area contributed by atoms with Crippen LogP contribution in [0.1, 0.15) is 19.8 Å². The van der Waals surface area contributed by atoms with Crippen molar-refractivity contribution in [1.29, 1.82) is 0 Å². The fraction of sp³-hybridized carbons (Fsp3) is 0.217. The third-order valence-electron chi connectivity index (χ3n) is 4.09. The Morgan fingerprint density at radius 1 is 0.893 bits per heavy atom. The van der Waals surface area contributed by atoms with Crippen molar-refractivity contribution in [3.8, 4) is 22.6 Å². The standard InChI is InChI=1S/C23H24N2O3/c1-2-27-20-11-6-7-12-21(20)28-16-8-13-23(26)25-22-15-14-19(17-24-22)18-9-4-3-5-10-18/h3-7,9-12,14-15,17H,2,8,13,16H2,1H3,(H,24,25,26). The summed E-state index contributed by atoms with van der Waals surface area (Å²) in [5.74, 6) is 1.88. The van der Waals surface area contributed by atoms with Gasteiger partial charge in [-0.25, -0.2) is 4.98 Å². The highest BCUT2D eigenvalue weighted by atomic mass is 16.5.